The molecule has 0 aromatic heterocycles. The van der Waals surface area contributed by atoms with Gasteiger partial charge in [0.2, 0.25) is 59.1 Å². The Labute approximate surface area is 538 Å². The lowest BCUT2D eigenvalue weighted by molar-refractivity contribution is -0.142. The Bertz CT molecular complexity index is 3230. The van der Waals surface area contributed by atoms with Crippen LogP contribution in [0, 0.1) is 11.8 Å². The summed E-state index contributed by atoms with van der Waals surface area (Å²) in [5.74, 6) is -12.7. The Kier molecular flexibility index (Phi) is 28.7. The van der Waals surface area contributed by atoms with Crippen LogP contribution >= 0.6 is 0 Å². The molecule has 28 nitrogen and oxygen atoms in total. The Morgan fingerprint density at radius 2 is 0.935 bits per heavy atom. The zero-order chi connectivity index (χ0) is 68.5. The van der Waals surface area contributed by atoms with E-state index in [1.165, 1.54) is 53.4 Å². The largest absolute Gasteiger partial charge is 0.508 e. The van der Waals surface area contributed by atoms with Gasteiger partial charge < -0.3 is 85.1 Å². The number of benzene rings is 4. The van der Waals surface area contributed by atoms with E-state index in [1.807, 2.05) is 0 Å². The molecule has 18 N–H and O–H groups in total. The third-order valence-electron chi connectivity index (χ3n) is 15.3. The van der Waals surface area contributed by atoms with Crippen LogP contribution in [0.5, 0.6) is 11.5 Å². The van der Waals surface area contributed by atoms with Crippen LogP contribution < -0.4 is 59.7 Å². The highest BCUT2D eigenvalue weighted by Gasteiger charge is 2.41. The minimum absolute atomic E-state index is 0.0115. The Morgan fingerprint density at radius 1 is 0.505 bits per heavy atom. The summed E-state index contributed by atoms with van der Waals surface area (Å²) in [4.78, 5) is 166. The molecule has 10 amide bonds. The van der Waals surface area contributed by atoms with Gasteiger partial charge in [-0.3, -0.25) is 52.7 Å². The number of hydrogen-bond donors (Lipinski definition) is 15. The molecule has 0 radical (unpaired) electrons. The van der Waals surface area contributed by atoms with E-state index >= 15 is 4.79 Å². The number of carboxylic acids is 2. The number of amides is 10. The summed E-state index contributed by atoms with van der Waals surface area (Å²) in [5.41, 5.74) is 19.1. The number of likely N-dealkylation sites (tertiary alicyclic amines) is 1. The Balaban J connectivity index is 1.40. The molecule has 0 unspecified atom stereocenters. The number of carbonyl (C=O) groups excluding carboxylic acids is 10. The quantitative estimate of drug-likeness (QED) is 0.0271. The maximum absolute atomic E-state index is 15.1. The lowest BCUT2D eigenvalue weighted by atomic mass is 9.99. The van der Waals surface area contributed by atoms with Gasteiger partial charge in [-0.2, -0.15) is 0 Å². The summed E-state index contributed by atoms with van der Waals surface area (Å²) >= 11 is 0. The molecule has 1 heterocycles. The number of rotatable bonds is 36. The average Bonchev–Trinajstić information content (AvgIpc) is 1.82. The third kappa shape index (κ3) is 24.0. The predicted molar refractivity (Wildman–Crippen MR) is 338 cm³/mol. The monoisotopic (exact) mass is 1290 g/mol. The van der Waals surface area contributed by atoms with Gasteiger partial charge in [-0.1, -0.05) is 113 Å². The average molecular weight is 1290 g/mol. The number of aliphatic carboxylic acids is 2. The number of phenols is 2. The number of nitrogens with zero attached hydrogens (tertiary/aromatic N) is 1. The fourth-order valence-corrected chi connectivity index (χ4v) is 10.4. The van der Waals surface area contributed by atoms with E-state index < -0.39 is 150 Å². The lowest BCUT2D eigenvalue weighted by Gasteiger charge is -2.31. The van der Waals surface area contributed by atoms with Gasteiger partial charge in [0.15, 0.2) is 0 Å². The van der Waals surface area contributed by atoms with Gasteiger partial charge in [-0.25, -0.2) is 4.79 Å². The Hall–Kier alpha value is -9.96. The normalized spacial score (nSPS) is 15.7. The molecule has 0 spiro atoms. The minimum Gasteiger partial charge on any atom is -0.508 e. The molecule has 1 aliphatic heterocycles. The van der Waals surface area contributed by atoms with Gasteiger partial charge in [-0.15, -0.1) is 0 Å². The molecule has 1 saturated heterocycles. The maximum atomic E-state index is 15.1. The molecule has 502 valence electrons. The van der Waals surface area contributed by atoms with Gasteiger partial charge in [0, 0.05) is 32.2 Å². The molecule has 1 fully saturated rings. The zero-order valence-corrected chi connectivity index (χ0v) is 52.4. The number of nitrogens with one attached hydrogen (secondary N) is 8. The van der Waals surface area contributed by atoms with Crippen LogP contribution in [0.25, 0.3) is 0 Å². The lowest BCUT2D eigenvalue weighted by Crippen LogP contribution is -2.61. The molecule has 1 aliphatic rings. The number of phenolic OH excluding ortho intramolecular Hbond substituents is 2. The summed E-state index contributed by atoms with van der Waals surface area (Å²) in [6.07, 6.45) is -1.66. The first-order valence-corrected chi connectivity index (χ1v) is 30.7. The first kappa shape index (κ1) is 73.8. The standard InChI is InChI=1S/C65H86N12O16/c1-36(2)29-46(58(85)69-45(17-11-27-66)57(84)76-55(37(3)4)63(90)75-51(65(92)93)33-41-21-25-43(79)26-22-41)71-59(86)48(31-40-19-23-42(78)24-20-40)73-62(89)52-18-12-28-77(52)64(91)50(32-39-15-9-6-10-16-39)74-60(87)47(30-38-13-7-5-8-14-38)72-61(88)49(35-53(68)80)70-56(83)44(67)34-54(81)82/h5-10,13-16,19-26,36-37,44-52,55,78-79H,11-12,17-18,27-35,66-67H2,1-4H3,(H2,68,80)(H,69,85)(H,70,83)(H,71,86)(H,72,88)(H,73,89)(H,74,87)(H,75,90)(H,76,84)(H,81,82)(H,92,93)/t44-,45-,46-,47+,48+,49-,50-,51-,52-,55-/m0/s1. The van der Waals surface area contributed by atoms with Crippen LogP contribution in [0.3, 0.4) is 0 Å². The molecular weight excluding hydrogens is 1200 g/mol. The molecule has 0 bridgehead atoms. The van der Waals surface area contributed by atoms with Gasteiger partial charge in [0.25, 0.3) is 0 Å². The SMILES string of the molecule is CC(C)C[C@H](NC(=O)[C@@H](Cc1ccc(O)cc1)NC(=O)[C@@H]1CCCN1C(=O)[C@H](Cc1ccccc1)NC(=O)[C@@H](Cc1ccccc1)NC(=O)[C@H](CC(N)=O)NC(=O)[C@@H](N)CC(=O)O)C(=O)N[C@@H](CCCN)C(=O)N[C@H](C(=O)N[C@@H](Cc1ccc(O)cc1)C(=O)O)C(C)C. The number of nitrogens with two attached hydrogens (primary N) is 3. The van der Waals surface area contributed by atoms with Crippen molar-refractivity contribution in [3.05, 3.63) is 131 Å². The van der Waals surface area contributed by atoms with Crippen molar-refractivity contribution in [1.29, 1.82) is 0 Å². The van der Waals surface area contributed by atoms with Gasteiger partial charge >= 0.3 is 11.9 Å². The van der Waals surface area contributed by atoms with Crippen molar-refractivity contribution in [2.75, 3.05) is 13.1 Å². The van der Waals surface area contributed by atoms with E-state index in [2.05, 4.69) is 42.5 Å². The van der Waals surface area contributed by atoms with Crippen LogP contribution in [0.2, 0.25) is 0 Å². The van der Waals surface area contributed by atoms with Crippen LogP contribution in [-0.4, -0.2) is 170 Å². The smallest absolute Gasteiger partial charge is 0.326 e. The van der Waals surface area contributed by atoms with Crippen molar-refractivity contribution in [1.82, 2.24) is 47.4 Å². The van der Waals surface area contributed by atoms with Crippen molar-refractivity contribution in [2.45, 2.75) is 159 Å². The summed E-state index contributed by atoms with van der Waals surface area (Å²) < 4.78 is 0. The molecule has 5 rings (SSSR count). The Morgan fingerprint density at radius 3 is 1.43 bits per heavy atom. The number of carboxylic acid groups (broad SMARTS) is 2. The topological polar surface area (TPSA) is 463 Å². The van der Waals surface area contributed by atoms with Gasteiger partial charge in [-0.05, 0) is 97.0 Å². The summed E-state index contributed by atoms with van der Waals surface area (Å²) in [5, 5.41) is 60.0. The zero-order valence-electron chi connectivity index (χ0n) is 52.4. The number of primary amides is 1. The van der Waals surface area contributed by atoms with E-state index in [1.54, 1.807) is 88.4 Å². The second kappa shape index (κ2) is 36.2. The van der Waals surface area contributed by atoms with Crippen molar-refractivity contribution in [2.24, 2.45) is 29.0 Å². The molecular formula is C65H86N12O16. The van der Waals surface area contributed by atoms with E-state index in [-0.39, 0.29) is 81.9 Å². The van der Waals surface area contributed by atoms with Gasteiger partial charge in [0.05, 0.1) is 18.9 Å². The second-order valence-corrected chi connectivity index (χ2v) is 23.7. The number of hydrogen-bond acceptors (Lipinski definition) is 16. The third-order valence-corrected chi connectivity index (χ3v) is 15.3. The number of aromatic hydroxyl groups is 2. The second-order valence-electron chi connectivity index (χ2n) is 23.7. The fourth-order valence-electron chi connectivity index (χ4n) is 10.4. The van der Waals surface area contributed by atoms with Gasteiger partial charge in [0.1, 0.15) is 65.9 Å². The molecule has 0 aliphatic carbocycles. The van der Waals surface area contributed by atoms with E-state index in [0.717, 1.165) is 0 Å². The molecule has 93 heavy (non-hydrogen) atoms. The highest BCUT2D eigenvalue weighted by molar-refractivity contribution is 6.00. The summed E-state index contributed by atoms with van der Waals surface area (Å²) in [7, 11) is 0. The maximum Gasteiger partial charge on any atom is 0.326 e. The van der Waals surface area contributed by atoms with Crippen LogP contribution in [0.15, 0.2) is 109 Å². The molecule has 10 atom stereocenters. The molecule has 4 aromatic rings. The first-order chi connectivity index (χ1) is 44.1. The molecule has 0 saturated carbocycles. The summed E-state index contributed by atoms with van der Waals surface area (Å²) in [6.45, 7) is 6.93. The van der Waals surface area contributed by atoms with Crippen molar-refractivity contribution in [3.63, 3.8) is 0 Å². The van der Waals surface area contributed by atoms with E-state index in [4.69, 9.17) is 17.2 Å². The predicted octanol–water partition coefficient (Wildman–Crippen LogP) is -0.559. The molecule has 4 aromatic carbocycles. The first-order valence-electron chi connectivity index (χ1n) is 30.7. The highest BCUT2D eigenvalue weighted by atomic mass is 16.4. The van der Waals surface area contributed by atoms with Crippen LogP contribution in [0.4, 0.5) is 0 Å². The number of carbonyl (C=O) groups is 12. The van der Waals surface area contributed by atoms with Crippen molar-refractivity contribution < 1.29 is 78.0 Å². The fraction of sp³-hybridized carbons (Fsp3) is 0.446. The highest BCUT2D eigenvalue weighted by Crippen LogP contribution is 2.22. The van der Waals surface area contributed by atoms with Crippen molar-refractivity contribution in [3.8, 4) is 11.5 Å². The van der Waals surface area contributed by atoms with Crippen molar-refractivity contribution >= 4 is 71.0 Å². The molecule has 28 heteroatoms. The minimum atomic E-state index is -1.72. The van der Waals surface area contributed by atoms with Crippen LogP contribution in [0.1, 0.15) is 94.9 Å². The van der Waals surface area contributed by atoms with E-state index in [9.17, 15) is 73.2 Å². The summed E-state index contributed by atoms with van der Waals surface area (Å²) in [6, 6.07) is 14.1. The van der Waals surface area contributed by atoms with E-state index in [0.29, 0.717) is 28.7 Å². The van der Waals surface area contributed by atoms with Crippen LogP contribution in [-0.2, 0) is 83.2 Å².